The van der Waals surface area contributed by atoms with E-state index in [9.17, 15) is 24.1 Å². The lowest BCUT2D eigenvalue weighted by atomic mass is 9.99. The van der Waals surface area contributed by atoms with E-state index in [0.29, 0.717) is 6.07 Å². The van der Waals surface area contributed by atoms with Gasteiger partial charge in [-0.3, -0.25) is 19.6 Å². The van der Waals surface area contributed by atoms with Crippen LogP contribution in [0.1, 0.15) is 26.5 Å². The first kappa shape index (κ1) is 16.2. The third kappa shape index (κ3) is 3.36. The summed E-state index contributed by atoms with van der Waals surface area (Å²) in [7, 11) is 2.61. The van der Waals surface area contributed by atoms with Crippen LogP contribution in [-0.4, -0.2) is 38.6 Å². The molecule has 0 aliphatic carbocycles. The number of aromatic nitrogens is 3. The Labute approximate surface area is 128 Å². The first-order chi connectivity index (χ1) is 10.8. The van der Waals surface area contributed by atoms with Crippen LogP contribution in [0.3, 0.4) is 0 Å². The summed E-state index contributed by atoms with van der Waals surface area (Å²) >= 11 is 0. The number of ether oxygens (including phenoxy) is 1. The number of rotatable bonds is 5. The molecule has 10 heteroatoms. The Kier molecular flexibility index (Phi) is 4.44. The Morgan fingerprint density at radius 2 is 2.13 bits per heavy atom. The first-order valence-electron chi connectivity index (χ1n) is 6.27. The summed E-state index contributed by atoms with van der Waals surface area (Å²) in [5, 5.41) is 15.0. The molecule has 1 aromatic heterocycles. The van der Waals surface area contributed by atoms with Gasteiger partial charge in [0.25, 0.3) is 5.69 Å². The van der Waals surface area contributed by atoms with E-state index in [2.05, 4.69) is 14.8 Å². The molecule has 0 saturated heterocycles. The number of Topliss-reactive ketones (excluding diaryl/α,β-unsaturated/α-hetero) is 1. The summed E-state index contributed by atoms with van der Waals surface area (Å²) in [6.45, 7) is 0. The maximum atomic E-state index is 13.5. The van der Waals surface area contributed by atoms with Crippen LogP contribution in [0.5, 0.6) is 0 Å². The second-order valence-corrected chi connectivity index (χ2v) is 4.53. The fraction of sp³-hybridized carbons (Fsp3) is 0.231. The van der Waals surface area contributed by atoms with Crippen molar-refractivity contribution < 1.29 is 23.6 Å². The number of nitrogens with zero attached hydrogens (tertiary/aromatic N) is 4. The number of benzene rings is 1. The number of hydrogen-bond acceptors (Lipinski definition) is 7. The van der Waals surface area contributed by atoms with Crippen molar-refractivity contribution in [3.8, 4) is 0 Å². The van der Waals surface area contributed by atoms with Crippen molar-refractivity contribution in [2.75, 3.05) is 7.11 Å². The molecule has 23 heavy (non-hydrogen) atoms. The average molecular weight is 322 g/mol. The predicted molar refractivity (Wildman–Crippen MR) is 73.4 cm³/mol. The van der Waals surface area contributed by atoms with Crippen LogP contribution in [0.4, 0.5) is 10.1 Å². The predicted octanol–water partition coefficient (Wildman–Crippen LogP) is 1.07. The van der Waals surface area contributed by atoms with Crippen LogP contribution in [0.25, 0.3) is 0 Å². The number of nitro benzene ring substituents is 1. The Hall–Kier alpha value is -3.17. The summed E-state index contributed by atoms with van der Waals surface area (Å²) < 4.78 is 19.3. The fourth-order valence-corrected chi connectivity index (χ4v) is 2.00. The van der Waals surface area contributed by atoms with Gasteiger partial charge in [0.1, 0.15) is 17.7 Å². The zero-order chi connectivity index (χ0) is 17.1. The van der Waals surface area contributed by atoms with E-state index in [-0.39, 0.29) is 12.2 Å². The maximum Gasteiger partial charge on any atom is 0.338 e. The van der Waals surface area contributed by atoms with Crippen molar-refractivity contribution in [2.45, 2.75) is 6.42 Å². The van der Waals surface area contributed by atoms with E-state index < -0.39 is 39.3 Å². The van der Waals surface area contributed by atoms with Crippen LogP contribution in [0, 0.1) is 15.9 Å². The molecule has 0 N–H and O–H groups in total. The highest BCUT2D eigenvalue weighted by Gasteiger charge is 2.30. The Balaban J connectivity index is 2.55. The third-order valence-electron chi connectivity index (χ3n) is 2.93. The van der Waals surface area contributed by atoms with Gasteiger partial charge in [-0.1, -0.05) is 0 Å². The van der Waals surface area contributed by atoms with Crippen molar-refractivity contribution in [2.24, 2.45) is 7.05 Å². The molecule has 0 bridgehead atoms. The monoisotopic (exact) mass is 322 g/mol. The largest absolute Gasteiger partial charge is 0.465 e. The van der Waals surface area contributed by atoms with Gasteiger partial charge >= 0.3 is 5.97 Å². The molecule has 1 heterocycles. The highest BCUT2D eigenvalue weighted by atomic mass is 19.1. The highest BCUT2D eigenvalue weighted by molar-refractivity contribution is 6.09. The van der Waals surface area contributed by atoms with E-state index in [1.165, 1.54) is 11.0 Å². The minimum atomic E-state index is -1.05. The zero-order valence-corrected chi connectivity index (χ0v) is 12.1. The summed E-state index contributed by atoms with van der Waals surface area (Å²) in [5.41, 5.74) is -1.86. The number of hydrogen-bond donors (Lipinski definition) is 0. The first-order valence-corrected chi connectivity index (χ1v) is 6.27. The molecule has 0 radical (unpaired) electrons. The zero-order valence-electron chi connectivity index (χ0n) is 12.1. The number of carbonyl (C=O) groups excluding carboxylic acids is 2. The van der Waals surface area contributed by atoms with Gasteiger partial charge in [0.05, 0.1) is 30.1 Å². The van der Waals surface area contributed by atoms with Crippen molar-refractivity contribution in [3.63, 3.8) is 0 Å². The minimum absolute atomic E-state index is 0.118. The second kappa shape index (κ2) is 6.30. The third-order valence-corrected chi connectivity index (χ3v) is 2.93. The number of aryl methyl sites for hydroxylation is 1. The van der Waals surface area contributed by atoms with Crippen LogP contribution in [0.15, 0.2) is 18.5 Å². The summed E-state index contributed by atoms with van der Waals surface area (Å²) in [6.07, 6.45) is 0.972. The van der Waals surface area contributed by atoms with Gasteiger partial charge in [0.15, 0.2) is 11.6 Å². The number of ketones is 1. The average Bonchev–Trinajstić information content (AvgIpc) is 2.90. The van der Waals surface area contributed by atoms with Crippen LogP contribution >= 0.6 is 0 Å². The van der Waals surface area contributed by atoms with Crippen LogP contribution in [0.2, 0.25) is 0 Å². The molecule has 2 rings (SSSR count). The minimum Gasteiger partial charge on any atom is -0.465 e. The van der Waals surface area contributed by atoms with E-state index in [1.807, 2.05) is 0 Å². The number of esters is 1. The summed E-state index contributed by atoms with van der Waals surface area (Å²) in [6, 6.07) is 1.30. The molecule has 0 aliphatic heterocycles. The quantitative estimate of drug-likeness (QED) is 0.350. The summed E-state index contributed by atoms with van der Waals surface area (Å²) in [4.78, 5) is 38.1. The molecule has 0 atom stereocenters. The number of nitro groups is 1. The van der Waals surface area contributed by atoms with E-state index in [1.54, 1.807) is 7.05 Å². The normalized spacial score (nSPS) is 10.4. The van der Waals surface area contributed by atoms with Gasteiger partial charge in [-0.15, -0.1) is 0 Å². The van der Waals surface area contributed by atoms with Gasteiger partial charge < -0.3 is 4.74 Å². The molecule has 0 fully saturated rings. The van der Waals surface area contributed by atoms with Crippen molar-refractivity contribution in [1.29, 1.82) is 0 Å². The fourth-order valence-electron chi connectivity index (χ4n) is 2.00. The molecular weight excluding hydrogens is 311 g/mol. The smallest absolute Gasteiger partial charge is 0.338 e. The van der Waals surface area contributed by atoms with Gasteiger partial charge in [-0.05, 0) is 6.07 Å². The highest BCUT2D eigenvalue weighted by Crippen LogP contribution is 2.26. The van der Waals surface area contributed by atoms with E-state index in [0.717, 1.165) is 13.2 Å². The SMILES string of the molecule is COC(=O)c1cc(F)cc([N+](=O)[O-])c1C(=O)Cc1ncn(C)n1. The summed E-state index contributed by atoms with van der Waals surface area (Å²) in [5.74, 6) is -2.75. The Bertz CT molecular complexity index is 802. The Morgan fingerprint density at radius 1 is 1.43 bits per heavy atom. The van der Waals surface area contributed by atoms with Gasteiger partial charge in [-0.25, -0.2) is 14.2 Å². The Morgan fingerprint density at radius 3 is 2.65 bits per heavy atom. The lowest BCUT2D eigenvalue weighted by Crippen LogP contribution is -2.16. The standard InChI is InChI=1S/C13H11FN4O5/c1-17-6-15-11(16-17)5-10(19)12-8(13(20)23-2)3-7(14)4-9(12)18(21)22/h3-4,6H,5H2,1-2H3. The van der Waals surface area contributed by atoms with Gasteiger partial charge in [0, 0.05) is 7.05 Å². The molecule has 0 amide bonds. The van der Waals surface area contributed by atoms with Crippen molar-refractivity contribution in [3.05, 3.63) is 51.3 Å². The molecule has 120 valence electrons. The molecule has 0 saturated carbocycles. The topological polar surface area (TPSA) is 117 Å². The van der Waals surface area contributed by atoms with Crippen molar-refractivity contribution in [1.82, 2.24) is 14.8 Å². The van der Waals surface area contributed by atoms with Crippen molar-refractivity contribution >= 4 is 17.4 Å². The van der Waals surface area contributed by atoms with Gasteiger partial charge in [-0.2, -0.15) is 5.10 Å². The molecule has 0 unspecified atom stereocenters. The van der Waals surface area contributed by atoms with E-state index in [4.69, 9.17) is 0 Å². The second-order valence-electron chi connectivity index (χ2n) is 4.53. The number of methoxy groups -OCH3 is 1. The lowest BCUT2D eigenvalue weighted by Gasteiger charge is -2.07. The maximum absolute atomic E-state index is 13.5. The molecule has 0 aliphatic rings. The number of carbonyl (C=O) groups is 2. The molecule has 1 aromatic carbocycles. The number of halogens is 1. The van der Waals surface area contributed by atoms with Gasteiger partial charge in [0.2, 0.25) is 0 Å². The van der Waals surface area contributed by atoms with E-state index >= 15 is 0 Å². The van der Waals surface area contributed by atoms with Crippen LogP contribution in [-0.2, 0) is 18.2 Å². The molecule has 0 spiro atoms. The molecular formula is C13H11FN4O5. The van der Waals surface area contributed by atoms with Crippen LogP contribution < -0.4 is 0 Å². The molecule has 2 aromatic rings. The molecule has 9 nitrogen and oxygen atoms in total. The lowest BCUT2D eigenvalue weighted by molar-refractivity contribution is -0.385.